The Hall–Kier alpha value is -2.36. The highest BCUT2D eigenvalue weighted by Crippen LogP contribution is 2.32. The Balaban J connectivity index is 1.84. The van der Waals surface area contributed by atoms with Gasteiger partial charge in [0.25, 0.3) is 0 Å². The molecule has 1 heterocycles. The first-order valence-corrected chi connectivity index (χ1v) is 9.38. The number of hydrogen-bond donors (Lipinski definition) is 0. The van der Waals surface area contributed by atoms with Crippen LogP contribution in [0.2, 0.25) is 0 Å². The lowest BCUT2D eigenvalue weighted by Crippen LogP contribution is -2.56. The van der Waals surface area contributed by atoms with E-state index in [-0.39, 0.29) is 17.7 Å². The monoisotopic (exact) mass is 352 g/mol. The Bertz CT molecular complexity index is 825. The third-order valence-electron chi connectivity index (χ3n) is 5.50. The second kappa shape index (κ2) is 7.10. The SMILES string of the molecule is CC(C)C(=O)N1CCCC1(C)C(=O)N(C)Cc1cccc2ccccc12. The van der Waals surface area contributed by atoms with Gasteiger partial charge in [0, 0.05) is 26.1 Å². The van der Waals surface area contributed by atoms with Crippen LogP contribution in [0.4, 0.5) is 0 Å². The Morgan fingerprint density at radius 1 is 1.15 bits per heavy atom. The minimum absolute atomic E-state index is 0.0249. The van der Waals surface area contributed by atoms with Gasteiger partial charge in [-0.25, -0.2) is 0 Å². The Morgan fingerprint density at radius 2 is 1.85 bits per heavy atom. The second-order valence-electron chi connectivity index (χ2n) is 7.82. The molecule has 138 valence electrons. The van der Waals surface area contributed by atoms with E-state index in [9.17, 15) is 9.59 Å². The van der Waals surface area contributed by atoms with Crippen molar-refractivity contribution in [1.82, 2.24) is 9.80 Å². The first-order valence-electron chi connectivity index (χ1n) is 9.38. The van der Waals surface area contributed by atoms with E-state index in [0.717, 1.165) is 18.4 Å². The van der Waals surface area contributed by atoms with Gasteiger partial charge in [-0.3, -0.25) is 9.59 Å². The van der Waals surface area contributed by atoms with E-state index in [1.54, 1.807) is 9.80 Å². The highest BCUT2D eigenvalue weighted by Gasteiger charge is 2.47. The molecule has 3 rings (SSSR count). The summed E-state index contributed by atoms with van der Waals surface area (Å²) < 4.78 is 0. The summed E-state index contributed by atoms with van der Waals surface area (Å²) >= 11 is 0. The predicted molar refractivity (Wildman–Crippen MR) is 105 cm³/mol. The molecule has 1 unspecified atom stereocenters. The maximum atomic E-state index is 13.3. The highest BCUT2D eigenvalue weighted by molar-refractivity contribution is 5.92. The van der Waals surface area contributed by atoms with Crippen LogP contribution in [0, 0.1) is 5.92 Å². The molecular weight excluding hydrogens is 324 g/mol. The molecule has 0 N–H and O–H groups in total. The topological polar surface area (TPSA) is 40.6 Å². The number of amides is 2. The van der Waals surface area contributed by atoms with Crippen LogP contribution in [-0.2, 0) is 16.1 Å². The zero-order valence-corrected chi connectivity index (χ0v) is 16.2. The van der Waals surface area contributed by atoms with Crippen LogP contribution >= 0.6 is 0 Å². The lowest BCUT2D eigenvalue weighted by atomic mass is 9.95. The number of benzene rings is 2. The molecule has 0 saturated carbocycles. The van der Waals surface area contributed by atoms with E-state index >= 15 is 0 Å². The molecule has 0 aliphatic carbocycles. The molecule has 1 saturated heterocycles. The van der Waals surface area contributed by atoms with Crippen LogP contribution in [0.25, 0.3) is 10.8 Å². The highest BCUT2D eigenvalue weighted by atomic mass is 16.2. The molecule has 4 nitrogen and oxygen atoms in total. The van der Waals surface area contributed by atoms with E-state index in [1.807, 2.05) is 46.0 Å². The van der Waals surface area contributed by atoms with Crippen LogP contribution in [0.15, 0.2) is 42.5 Å². The van der Waals surface area contributed by atoms with Gasteiger partial charge in [-0.2, -0.15) is 0 Å². The van der Waals surface area contributed by atoms with Crippen molar-refractivity contribution >= 4 is 22.6 Å². The second-order valence-corrected chi connectivity index (χ2v) is 7.82. The zero-order chi connectivity index (χ0) is 18.9. The largest absolute Gasteiger partial charge is 0.339 e. The Kier molecular flexibility index (Phi) is 5.03. The van der Waals surface area contributed by atoms with Crippen molar-refractivity contribution in [2.45, 2.75) is 45.7 Å². The van der Waals surface area contributed by atoms with Crippen molar-refractivity contribution in [3.63, 3.8) is 0 Å². The van der Waals surface area contributed by atoms with E-state index < -0.39 is 5.54 Å². The first kappa shape index (κ1) is 18.4. The quantitative estimate of drug-likeness (QED) is 0.839. The number of carbonyl (C=O) groups excluding carboxylic acids is 2. The van der Waals surface area contributed by atoms with Gasteiger partial charge in [0.1, 0.15) is 5.54 Å². The molecule has 2 amide bonds. The van der Waals surface area contributed by atoms with Crippen molar-refractivity contribution in [2.75, 3.05) is 13.6 Å². The molecule has 0 radical (unpaired) electrons. The summed E-state index contributed by atoms with van der Waals surface area (Å²) in [4.78, 5) is 29.4. The van der Waals surface area contributed by atoms with Crippen molar-refractivity contribution < 1.29 is 9.59 Å². The molecule has 0 bridgehead atoms. The van der Waals surface area contributed by atoms with Gasteiger partial charge in [-0.05, 0) is 36.1 Å². The van der Waals surface area contributed by atoms with Crippen LogP contribution < -0.4 is 0 Å². The molecule has 0 aromatic heterocycles. The normalized spacial score (nSPS) is 20.0. The molecule has 26 heavy (non-hydrogen) atoms. The summed E-state index contributed by atoms with van der Waals surface area (Å²) in [5, 5.41) is 2.34. The molecule has 1 atom stereocenters. The first-order chi connectivity index (χ1) is 12.3. The summed E-state index contributed by atoms with van der Waals surface area (Å²) in [7, 11) is 1.84. The summed E-state index contributed by atoms with van der Waals surface area (Å²) in [5.41, 5.74) is 0.392. The summed E-state index contributed by atoms with van der Waals surface area (Å²) in [5.74, 6) is -0.00237. The van der Waals surface area contributed by atoms with Gasteiger partial charge >= 0.3 is 0 Å². The summed E-state index contributed by atoms with van der Waals surface area (Å²) in [6.07, 6.45) is 1.60. The fourth-order valence-corrected chi connectivity index (χ4v) is 4.02. The third kappa shape index (κ3) is 3.20. The van der Waals surface area contributed by atoms with Gasteiger partial charge in [0.2, 0.25) is 11.8 Å². The maximum absolute atomic E-state index is 13.3. The molecule has 1 fully saturated rings. The van der Waals surface area contributed by atoms with Crippen LogP contribution in [0.3, 0.4) is 0 Å². The number of carbonyl (C=O) groups is 2. The van der Waals surface area contributed by atoms with Crippen LogP contribution in [0.1, 0.15) is 39.2 Å². The van der Waals surface area contributed by atoms with Gasteiger partial charge in [0.15, 0.2) is 0 Å². The molecule has 4 heteroatoms. The standard InChI is InChI=1S/C22H28N2O2/c1-16(2)20(25)24-14-8-13-22(24,3)21(26)23(4)15-18-11-7-10-17-9-5-6-12-19(17)18/h5-7,9-12,16H,8,13-15H2,1-4H3. The van der Waals surface area contributed by atoms with E-state index in [2.05, 4.69) is 24.3 Å². The molecule has 1 aliphatic rings. The third-order valence-corrected chi connectivity index (χ3v) is 5.50. The number of likely N-dealkylation sites (tertiary alicyclic amines) is 1. The smallest absolute Gasteiger partial charge is 0.248 e. The average Bonchev–Trinajstić information content (AvgIpc) is 3.03. The molecule has 1 aliphatic heterocycles. The van der Waals surface area contributed by atoms with Gasteiger partial charge in [-0.1, -0.05) is 56.3 Å². The number of likely N-dealkylation sites (N-methyl/N-ethyl adjacent to an activating group) is 1. The van der Waals surface area contributed by atoms with E-state index in [0.29, 0.717) is 13.1 Å². The fourth-order valence-electron chi connectivity index (χ4n) is 4.02. The summed E-state index contributed by atoms with van der Waals surface area (Å²) in [6, 6.07) is 14.4. The van der Waals surface area contributed by atoms with Gasteiger partial charge < -0.3 is 9.80 Å². The van der Waals surface area contributed by atoms with Gasteiger partial charge in [-0.15, -0.1) is 0 Å². The summed E-state index contributed by atoms with van der Waals surface area (Å²) in [6.45, 7) is 6.92. The predicted octanol–water partition coefficient (Wildman–Crippen LogP) is 3.84. The molecule has 0 spiro atoms. The number of nitrogens with zero attached hydrogens (tertiary/aromatic N) is 2. The average molecular weight is 352 g/mol. The lowest BCUT2D eigenvalue weighted by molar-refractivity contribution is -0.151. The zero-order valence-electron chi connectivity index (χ0n) is 16.2. The minimum Gasteiger partial charge on any atom is -0.339 e. The minimum atomic E-state index is -0.735. The van der Waals surface area contributed by atoms with Crippen LogP contribution in [0.5, 0.6) is 0 Å². The Labute approximate surface area is 155 Å². The van der Waals surface area contributed by atoms with E-state index in [1.165, 1.54) is 10.8 Å². The molecule has 2 aromatic carbocycles. The lowest BCUT2D eigenvalue weighted by Gasteiger charge is -2.38. The fraction of sp³-hybridized carbons (Fsp3) is 0.455. The van der Waals surface area contributed by atoms with Crippen molar-refractivity contribution in [3.8, 4) is 0 Å². The van der Waals surface area contributed by atoms with Crippen molar-refractivity contribution in [1.29, 1.82) is 0 Å². The van der Waals surface area contributed by atoms with Crippen molar-refractivity contribution in [2.24, 2.45) is 5.92 Å². The number of fused-ring (bicyclic) bond motifs is 1. The number of hydrogen-bond acceptors (Lipinski definition) is 2. The number of rotatable bonds is 4. The van der Waals surface area contributed by atoms with Gasteiger partial charge in [0.05, 0.1) is 0 Å². The molecular formula is C22H28N2O2. The molecule has 2 aromatic rings. The Morgan fingerprint density at radius 3 is 2.58 bits per heavy atom. The maximum Gasteiger partial charge on any atom is 0.248 e. The van der Waals surface area contributed by atoms with Crippen molar-refractivity contribution in [3.05, 3.63) is 48.0 Å². The van der Waals surface area contributed by atoms with Crippen LogP contribution in [-0.4, -0.2) is 40.7 Å². The van der Waals surface area contributed by atoms with E-state index in [4.69, 9.17) is 0 Å².